The van der Waals surface area contributed by atoms with Gasteiger partial charge in [-0.15, -0.1) is 0 Å². The number of pyridine rings is 1. The average molecular weight is 338 g/mol. The lowest BCUT2D eigenvalue weighted by molar-refractivity contribution is -0.119. The standard InChI is InChI=1S/C14H13BrFN3O/c15-10-3-1-2-8-4-5-12(18-13(8)10)19-7-9(16)6-11(19)14(17)20/h1-5,9,11H,6-7H2,(H2,17,20)/t9-,11+/m1/s1. The number of benzene rings is 1. The first-order valence-corrected chi connectivity index (χ1v) is 7.11. The lowest BCUT2D eigenvalue weighted by Gasteiger charge is -2.23. The van der Waals surface area contributed by atoms with E-state index >= 15 is 0 Å². The van der Waals surface area contributed by atoms with E-state index in [4.69, 9.17) is 5.73 Å². The van der Waals surface area contributed by atoms with Gasteiger partial charge >= 0.3 is 0 Å². The molecule has 1 saturated heterocycles. The van der Waals surface area contributed by atoms with Crippen LogP contribution in [0.4, 0.5) is 10.2 Å². The normalized spacial score (nSPS) is 22.4. The molecule has 3 rings (SSSR count). The molecule has 1 aliphatic heterocycles. The quantitative estimate of drug-likeness (QED) is 0.915. The molecule has 2 heterocycles. The van der Waals surface area contributed by atoms with Crippen LogP contribution in [0.3, 0.4) is 0 Å². The molecule has 6 heteroatoms. The summed E-state index contributed by atoms with van der Waals surface area (Å²) in [5.74, 6) is 0.0625. The number of anilines is 1. The number of nitrogens with zero attached hydrogens (tertiary/aromatic N) is 2. The Morgan fingerprint density at radius 1 is 1.40 bits per heavy atom. The van der Waals surface area contributed by atoms with Crippen molar-refractivity contribution in [3.8, 4) is 0 Å². The molecule has 0 unspecified atom stereocenters. The highest BCUT2D eigenvalue weighted by Gasteiger charge is 2.36. The highest BCUT2D eigenvalue weighted by Crippen LogP contribution is 2.29. The van der Waals surface area contributed by atoms with Crippen molar-refractivity contribution in [2.75, 3.05) is 11.4 Å². The van der Waals surface area contributed by atoms with Crippen LogP contribution < -0.4 is 10.6 Å². The molecule has 2 aromatic rings. The van der Waals surface area contributed by atoms with Gasteiger partial charge in [-0.2, -0.15) is 0 Å². The Kier molecular flexibility index (Phi) is 3.33. The Hall–Kier alpha value is -1.69. The van der Waals surface area contributed by atoms with Gasteiger partial charge in [0.25, 0.3) is 0 Å². The van der Waals surface area contributed by atoms with E-state index in [-0.39, 0.29) is 13.0 Å². The van der Waals surface area contributed by atoms with E-state index in [0.29, 0.717) is 5.82 Å². The van der Waals surface area contributed by atoms with Crippen LogP contribution in [-0.2, 0) is 4.79 Å². The molecule has 2 atom stereocenters. The van der Waals surface area contributed by atoms with Crippen LogP contribution in [0.25, 0.3) is 10.9 Å². The maximum Gasteiger partial charge on any atom is 0.240 e. The Bertz CT molecular complexity index is 679. The zero-order chi connectivity index (χ0) is 14.3. The molecule has 1 fully saturated rings. The zero-order valence-corrected chi connectivity index (χ0v) is 12.2. The third-order valence-electron chi connectivity index (χ3n) is 3.53. The fourth-order valence-corrected chi connectivity index (χ4v) is 3.04. The zero-order valence-electron chi connectivity index (χ0n) is 10.6. The second-order valence-electron chi connectivity index (χ2n) is 4.88. The number of carbonyl (C=O) groups is 1. The van der Waals surface area contributed by atoms with Crippen LogP contribution in [0.15, 0.2) is 34.8 Å². The molecular weight excluding hydrogens is 325 g/mol. The van der Waals surface area contributed by atoms with Crippen molar-refractivity contribution < 1.29 is 9.18 Å². The van der Waals surface area contributed by atoms with Gasteiger partial charge in [0.15, 0.2) is 0 Å². The number of primary amides is 1. The molecule has 2 N–H and O–H groups in total. The van der Waals surface area contributed by atoms with Crippen LogP contribution in [0, 0.1) is 0 Å². The third kappa shape index (κ3) is 2.24. The lowest BCUT2D eigenvalue weighted by atomic mass is 10.2. The summed E-state index contributed by atoms with van der Waals surface area (Å²) in [6.07, 6.45) is -0.922. The number of rotatable bonds is 2. The fourth-order valence-electron chi connectivity index (χ4n) is 2.57. The Labute approximate surface area is 123 Å². The molecular formula is C14H13BrFN3O. The van der Waals surface area contributed by atoms with Gasteiger partial charge in [0, 0.05) is 16.3 Å². The van der Waals surface area contributed by atoms with E-state index in [2.05, 4.69) is 20.9 Å². The molecule has 0 aliphatic carbocycles. The maximum absolute atomic E-state index is 13.6. The first-order valence-electron chi connectivity index (χ1n) is 6.31. The molecule has 20 heavy (non-hydrogen) atoms. The predicted octanol–water partition coefficient (Wildman–Crippen LogP) is 2.40. The lowest BCUT2D eigenvalue weighted by Crippen LogP contribution is -2.40. The van der Waals surface area contributed by atoms with Crippen LogP contribution in [0.1, 0.15) is 6.42 Å². The maximum atomic E-state index is 13.6. The Balaban J connectivity index is 2.05. The molecule has 0 spiro atoms. The minimum Gasteiger partial charge on any atom is -0.368 e. The number of halogens is 2. The number of para-hydroxylation sites is 1. The van der Waals surface area contributed by atoms with Crippen molar-refractivity contribution in [1.82, 2.24) is 4.98 Å². The molecule has 1 aromatic carbocycles. The Morgan fingerprint density at radius 3 is 2.95 bits per heavy atom. The summed E-state index contributed by atoms with van der Waals surface area (Å²) in [6.45, 7) is 0.149. The summed E-state index contributed by atoms with van der Waals surface area (Å²) in [6, 6.07) is 8.84. The van der Waals surface area contributed by atoms with Crippen LogP contribution >= 0.6 is 15.9 Å². The van der Waals surface area contributed by atoms with Gasteiger partial charge in [0.05, 0.1) is 12.1 Å². The molecule has 0 radical (unpaired) electrons. The summed E-state index contributed by atoms with van der Waals surface area (Å²) in [7, 11) is 0. The summed E-state index contributed by atoms with van der Waals surface area (Å²) >= 11 is 3.45. The van der Waals surface area contributed by atoms with Crippen molar-refractivity contribution in [2.45, 2.75) is 18.6 Å². The topological polar surface area (TPSA) is 59.2 Å². The number of carbonyl (C=O) groups excluding carboxylic acids is 1. The minimum absolute atomic E-state index is 0.130. The first-order chi connectivity index (χ1) is 9.56. The molecule has 0 saturated carbocycles. The minimum atomic E-state index is -1.05. The van der Waals surface area contributed by atoms with Crippen LogP contribution in [-0.4, -0.2) is 29.6 Å². The second kappa shape index (κ2) is 5.01. The van der Waals surface area contributed by atoms with E-state index in [1.165, 1.54) is 0 Å². The molecule has 104 valence electrons. The molecule has 0 bridgehead atoms. The largest absolute Gasteiger partial charge is 0.368 e. The first kappa shape index (κ1) is 13.3. The van der Waals surface area contributed by atoms with E-state index in [0.717, 1.165) is 15.4 Å². The van der Waals surface area contributed by atoms with Crippen molar-refractivity contribution in [3.63, 3.8) is 0 Å². The molecule has 4 nitrogen and oxygen atoms in total. The molecule has 1 aliphatic rings. The van der Waals surface area contributed by atoms with Gasteiger partial charge < -0.3 is 10.6 Å². The van der Waals surface area contributed by atoms with E-state index < -0.39 is 18.1 Å². The number of fused-ring (bicyclic) bond motifs is 1. The van der Waals surface area contributed by atoms with E-state index in [9.17, 15) is 9.18 Å². The monoisotopic (exact) mass is 337 g/mol. The van der Waals surface area contributed by atoms with Gasteiger partial charge in [0.1, 0.15) is 18.0 Å². The van der Waals surface area contributed by atoms with Crippen molar-refractivity contribution in [2.24, 2.45) is 5.73 Å². The highest BCUT2D eigenvalue weighted by molar-refractivity contribution is 9.10. The van der Waals surface area contributed by atoms with Gasteiger partial charge in [-0.05, 0) is 34.1 Å². The Morgan fingerprint density at radius 2 is 2.20 bits per heavy atom. The number of amides is 1. The number of hydrogen-bond acceptors (Lipinski definition) is 3. The van der Waals surface area contributed by atoms with Crippen molar-refractivity contribution in [3.05, 3.63) is 34.8 Å². The number of hydrogen-bond donors (Lipinski definition) is 1. The highest BCUT2D eigenvalue weighted by atomic mass is 79.9. The summed E-state index contributed by atoms with van der Waals surface area (Å²) in [5, 5.41) is 0.981. The predicted molar refractivity (Wildman–Crippen MR) is 79.3 cm³/mol. The number of aromatic nitrogens is 1. The van der Waals surface area contributed by atoms with Crippen LogP contribution in [0.5, 0.6) is 0 Å². The second-order valence-corrected chi connectivity index (χ2v) is 5.74. The third-order valence-corrected chi connectivity index (χ3v) is 4.17. The summed E-state index contributed by atoms with van der Waals surface area (Å²) < 4.78 is 14.4. The SMILES string of the molecule is NC(=O)[C@@H]1C[C@@H](F)CN1c1ccc2cccc(Br)c2n1. The van der Waals surface area contributed by atoms with Gasteiger partial charge in [-0.1, -0.05) is 12.1 Å². The molecule has 1 amide bonds. The fraction of sp³-hybridized carbons (Fsp3) is 0.286. The average Bonchev–Trinajstić information content (AvgIpc) is 2.81. The van der Waals surface area contributed by atoms with Gasteiger partial charge in [-0.25, -0.2) is 9.37 Å². The smallest absolute Gasteiger partial charge is 0.240 e. The van der Waals surface area contributed by atoms with Crippen LogP contribution in [0.2, 0.25) is 0 Å². The number of alkyl halides is 1. The summed E-state index contributed by atoms with van der Waals surface area (Å²) in [5.41, 5.74) is 6.13. The molecule has 1 aromatic heterocycles. The summed E-state index contributed by atoms with van der Waals surface area (Å²) in [4.78, 5) is 17.6. The van der Waals surface area contributed by atoms with Gasteiger partial charge in [-0.3, -0.25) is 4.79 Å². The number of nitrogens with two attached hydrogens (primary N) is 1. The van der Waals surface area contributed by atoms with Gasteiger partial charge in [0.2, 0.25) is 5.91 Å². The van der Waals surface area contributed by atoms with E-state index in [1.54, 1.807) is 11.0 Å². The van der Waals surface area contributed by atoms with E-state index in [1.807, 2.05) is 24.3 Å². The van der Waals surface area contributed by atoms with Crippen molar-refractivity contribution in [1.29, 1.82) is 0 Å². The van der Waals surface area contributed by atoms with Crippen molar-refractivity contribution >= 4 is 38.6 Å².